The fourth-order valence-electron chi connectivity index (χ4n) is 1.89. The summed E-state index contributed by atoms with van der Waals surface area (Å²) in [4.78, 5) is 22.8. The topological polar surface area (TPSA) is 73.9 Å². The van der Waals surface area contributed by atoms with Crippen LogP contribution < -0.4 is 5.32 Å². The van der Waals surface area contributed by atoms with E-state index in [1.807, 2.05) is 30.3 Å². The Hall–Kier alpha value is -2.34. The lowest BCUT2D eigenvalue weighted by Crippen LogP contribution is -2.41. The molecule has 0 spiro atoms. The summed E-state index contributed by atoms with van der Waals surface area (Å²) in [5, 5.41) is 2.55. The number of benzene rings is 1. The first kappa shape index (κ1) is 15.1. The Balaban J connectivity index is 1.86. The van der Waals surface area contributed by atoms with Crippen molar-refractivity contribution in [1.82, 2.24) is 5.32 Å². The van der Waals surface area contributed by atoms with Crippen molar-refractivity contribution in [2.24, 2.45) is 0 Å². The molecule has 0 bridgehead atoms. The third-order valence-corrected chi connectivity index (χ3v) is 2.86. The predicted molar refractivity (Wildman–Crippen MR) is 74.2 cm³/mol. The average Bonchev–Trinajstić information content (AvgIpc) is 2.83. The molecule has 1 aliphatic heterocycles. The molecule has 1 fully saturated rings. The molecule has 1 heterocycles. The van der Waals surface area contributed by atoms with Crippen LogP contribution in [0.5, 0.6) is 0 Å². The van der Waals surface area contributed by atoms with Crippen LogP contribution in [-0.2, 0) is 25.6 Å². The standard InChI is InChI=1S/C15H17NO5/c1-2-8-19-15(18)16-12-9-13(17)21-14(12)20-10-11-6-4-3-5-7-11/h2-7,12,14H,1,8-10H2,(H,16,18)/t12-,14+/m0/s1. The Bertz CT molecular complexity index is 502. The number of hydrogen-bond donors (Lipinski definition) is 1. The van der Waals surface area contributed by atoms with Gasteiger partial charge in [-0.2, -0.15) is 0 Å². The van der Waals surface area contributed by atoms with Crippen molar-refractivity contribution >= 4 is 12.1 Å². The number of carbonyl (C=O) groups is 2. The van der Waals surface area contributed by atoms with Crippen LogP contribution in [0.15, 0.2) is 43.0 Å². The highest BCUT2D eigenvalue weighted by Gasteiger charge is 2.37. The lowest BCUT2D eigenvalue weighted by Gasteiger charge is -2.18. The molecule has 1 aromatic rings. The maximum Gasteiger partial charge on any atom is 0.407 e. The number of amides is 1. The quantitative estimate of drug-likeness (QED) is 0.638. The Morgan fingerprint density at radius 2 is 2.19 bits per heavy atom. The summed E-state index contributed by atoms with van der Waals surface area (Å²) >= 11 is 0. The predicted octanol–water partition coefficient (Wildman–Crippen LogP) is 1.76. The van der Waals surface area contributed by atoms with Crippen molar-refractivity contribution in [3.05, 3.63) is 48.6 Å². The molecule has 1 amide bonds. The number of nitrogens with one attached hydrogen (secondary N) is 1. The van der Waals surface area contributed by atoms with Crippen LogP contribution in [0.25, 0.3) is 0 Å². The second kappa shape index (κ2) is 7.44. The minimum Gasteiger partial charge on any atom is -0.445 e. The smallest absolute Gasteiger partial charge is 0.407 e. The zero-order chi connectivity index (χ0) is 15.1. The number of cyclic esters (lactones) is 1. The molecule has 2 atom stereocenters. The van der Waals surface area contributed by atoms with E-state index in [0.29, 0.717) is 6.61 Å². The second-order valence-electron chi connectivity index (χ2n) is 4.50. The minimum atomic E-state index is -0.811. The van der Waals surface area contributed by atoms with Crippen LogP contribution in [0.3, 0.4) is 0 Å². The monoisotopic (exact) mass is 291 g/mol. The zero-order valence-electron chi connectivity index (χ0n) is 11.5. The van der Waals surface area contributed by atoms with Gasteiger partial charge < -0.3 is 19.5 Å². The Kier molecular flexibility index (Phi) is 5.34. The number of esters is 1. The lowest BCUT2D eigenvalue weighted by molar-refractivity contribution is -0.167. The van der Waals surface area contributed by atoms with Gasteiger partial charge in [-0.25, -0.2) is 4.79 Å². The van der Waals surface area contributed by atoms with Crippen molar-refractivity contribution < 1.29 is 23.8 Å². The van der Waals surface area contributed by atoms with Crippen molar-refractivity contribution in [3.8, 4) is 0 Å². The van der Waals surface area contributed by atoms with E-state index in [2.05, 4.69) is 11.9 Å². The molecule has 0 aromatic heterocycles. The molecular weight excluding hydrogens is 274 g/mol. The molecule has 2 rings (SSSR count). The summed E-state index contributed by atoms with van der Waals surface area (Å²) in [5.74, 6) is -0.415. The number of ether oxygens (including phenoxy) is 3. The molecule has 6 heteroatoms. The van der Waals surface area contributed by atoms with Gasteiger partial charge in [0.05, 0.1) is 13.0 Å². The van der Waals surface area contributed by atoms with Crippen LogP contribution >= 0.6 is 0 Å². The molecule has 1 N–H and O–H groups in total. The molecule has 1 saturated heterocycles. The first-order chi connectivity index (χ1) is 10.2. The SMILES string of the molecule is C=CCOC(=O)N[C@H]1CC(=O)O[C@H]1OCc1ccccc1. The third kappa shape index (κ3) is 4.61. The van der Waals surface area contributed by atoms with Gasteiger partial charge in [0.15, 0.2) is 0 Å². The Morgan fingerprint density at radius 3 is 2.90 bits per heavy atom. The van der Waals surface area contributed by atoms with Crippen LogP contribution in [0.4, 0.5) is 4.79 Å². The zero-order valence-corrected chi connectivity index (χ0v) is 11.5. The van der Waals surface area contributed by atoms with E-state index in [1.54, 1.807) is 0 Å². The van der Waals surface area contributed by atoms with Crippen LogP contribution in [0.1, 0.15) is 12.0 Å². The summed E-state index contributed by atoms with van der Waals surface area (Å²) in [6.45, 7) is 3.84. The second-order valence-corrected chi connectivity index (χ2v) is 4.50. The van der Waals surface area contributed by atoms with E-state index in [9.17, 15) is 9.59 Å². The third-order valence-electron chi connectivity index (χ3n) is 2.86. The summed E-state index contributed by atoms with van der Waals surface area (Å²) in [6.07, 6.45) is 0.0718. The van der Waals surface area contributed by atoms with Crippen LogP contribution in [0.2, 0.25) is 0 Å². The van der Waals surface area contributed by atoms with E-state index < -0.39 is 24.4 Å². The highest BCUT2D eigenvalue weighted by Crippen LogP contribution is 2.18. The molecule has 0 unspecified atom stereocenters. The number of alkyl carbamates (subject to hydrolysis) is 1. The van der Waals surface area contributed by atoms with E-state index in [-0.39, 0.29) is 13.0 Å². The summed E-state index contributed by atoms with van der Waals surface area (Å²) in [5.41, 5.74) is 0.952. The van der Waals surface area contributed by atoms with Crippen molar-refractivity contribution in [1.29, 1.82) is 0 Å². The molecular formula is C15H17NO5. The summed E-state index contributed by atoms with van der Waals surface area (Å²) < 4.78 is 15.4. The van der Waals surface area contributed by atoms with Gasteiger partial charge in [-0.05, 0) is 5.56 Å². The first-order valence-electron chi connectivity index (χ1n) is 6.58. The summed E-state index contributed by atoms with van der Waals surface area (Å²) in [6, 6.07) is 8.93. The molecule has 6 nitrogen and oxygen atoms in total. The molecule has 112 valence electrons. The number of hydrogen-bond acceptors (Lipinski definition) is 5. The summed E-state index contributed by atoms with van der Waals surface area (Å²) in [7, 11) is 0. The van der Waals surface area contributed by atoms with Crippen molar-refractivity contribution in [3.63, 3.8) is 0 Å². The fourth-order valence-corrected chi connectivity index (χ4v) is 1.89. The molecule has 21 heavy (non-hydrogen) atoms. The number of rotatable bonds is 6. The van der Waals surface area contributed by atoms with Crippen molar-refractivity contribution in [2.45, 2.75) is 25.4 Å². The lowest BCUT2D eigenvalue weighted by atomic mass is 10.2. The molecule has 1 aliphatic rings. The Morgan fingerprint density at radius 1 is 1.43 bits per heavy atom. The fraction of sp³-hybridized carbons (Fsp3) is 0.333. The minimum absolute atomic E-state index is 0.0582. The highest BCUT2D eigenvalue weighted by atomic mass is 16.7. The van der Waals surface area contributed by atoms with Gasteiger partial charge in [0.2, 0.25) is 6.29 Å². The van der Waals surface area contributed by atoms with Gasteiger partial charge in [0.1, 0.15) is 12.6 Å². The largest absolute Gasteiger partial charge is 0.445 e. The maximum atomic E-state index is 11.5. The van der Waals surface area contributed by atoms with Gasteiger partial charge in [0.25, 0.3) is 0 Å². The van der Waals surface area contributed by atoms with E-state index >= 15 is 0 Å². The first-order valence-corrected chi connectivity index (χ1v) is 6.58. The van der Waals surface area contributed by atoms with Crippen molar-refractivity contribution in [2.75, 3.05) is 6.61 Å². The van der Waals surface area contributed by atoms with Gasteiger partial charge in [-0.15, -0.1) is 0 Å². The van der Waals surface area contributed by atoms with Gasteiger partial charge in [0, 0.05) is 0 Å². The number of carbonyl (C=O) groups excluding carboxylic acids is 2. The van der Waals surface area contributed by atoms with Gasteiger partial charge in [-0.1, -0.05) is 43.0 Å². The van der Waals surface area contributed by atoms with E-state index in [4.69, 9.17) is 14.2 Å². The van der Waals surface area contributed by atoms with E-state index in [0.717, 1.165) is 5.56 Å². The maximum absolute atomic E-state index is 11.5. The van der Waals surface area contributed by atoms with Crippen LogP contribution in [-0.4, -0.2) is 31.0 Å². The van der Waals surface area contributed by atoms with E-state index in [1.165, 1.54) is 6.08 Å². The van der Waals surface area contributed by atoms with Gasteiger partial charge in [-0.3, -0.25) is 4.79 Å². The molecule has 1 aromatic carbocycles. The normalized spacial score (nSPS) is 20.7. The molecule has 0 saturated carbocycles. The Labute approximate surface area is 122 Å². The highest BCUT2D eigenvalue weighted by molar-refractivity contribution is 5.75. The molecule has 0 aliphatic carbocycles. The van der Waals surface area contributed by atoms with Gasteiger partial charge >= 0.3 is 12.1 Å². The molecule has 0 radical (unpaired) electrons. The van der Waals surface area contributed by atoms with Crippen LogP contribution in [0, 0.1) is 0 Å². The average molecular weight is 291 g/mol.